The summed E-state index contributed by atoms with van der Waals surface area (Å²) in [6.07, 6.45) is 0.732. The number of amides is 1. The first-order valence-corrected chi connectivity index (χ1v) is 7.90. The molecule has 1 heterocycles. The van der Waals surface area contributed by atoms with Crippen molar-refractivity contribution in [3.63, 3.8) is 0 Å². The summed E-state index contributed by atoms with van der Waals surface area (Å²) < 4.78 is 31.8. The van der Waals surface area contributed by atoms with Gasteiger partial charge >= 0.3 is 0 Å². The lowest BCUT2D eigenvalue weighted by atomic mass is 9.91. The lowest BCUT2D eigenvalue weighted by Gasteiger charge is -2.23. The lowest BCUT2D eigenvalue weighted by molar-refractivity contribution is -0.133. The molecule has 0 fully saturated rings. The smallest absolute Gasteiger partial charge is 0.250 e. The van der Waals surface area contributed by atoms with Gasteiger partial charge in [0, 0.05) is 17.3 Å². The number of ketones is 1. The van der Waals surface area contributed by atoms with Crippen LogP contribution in [0.5, 0.6) is 0 Å². The Bertz CT molecular complexity index is 692. The average Bonchev–Trinajstić information content (AvgIpc) is 2.73. The number of hydrogen-bond acceptors (Lipinski definition) is 4. The monoisotopic (exact) mass is 389 g/mol. The zero-order valence-electron chi connectivity index (χ0n) is 12.2. The molecule has 8 heteroatoms. The van der Waals surface area contributed by atoms with E-state index in [0.717, 1.165) is 12.1 Å². The second kappa shape index (κ2) is 6.66. The SMILES string of the molecule is CC1(c2ccc(F)c(F)c2)OC(NC(=O)CCCBr)=C(O)C1=O. The topological polar surface area (TPSA) is 75.6 Å². The maximum Gasteiger partial charge on any atom is 0.250 e. The number of alkyl halides is 1. The predicted molar refractivity (Wildman–Crippen MR) is 80.6 cm³/mol. The number of halogens is 3. The van der Waals surface area contributed by atoms with E-state index in [1.54, 1.807) is 0 Å². The summed E-state index contributed by atoms with van der Waals surface area (Å²) in [5.74, 6) is -4.64. The number of carbonyl (C=O) groups excluding carboxylic acids is 2. The minimum Gasteiger partial charge on any atom is -0.501 e. The Morgan fingerprint density at radius 3 is 2.70 bits per heavy atom. The summed E-state index contributed by atoms with van der Waals surface area (Å²) in [4.78, 5) is 23.9. The van der Waals surface area contributed by atoms with Crippen LogP contribution in [-0.2, 0) is 19.9 Å². The minimum atomic E-state index is -1.74. The maximum absolute atomic E-state index is 13.4. The molecule has 0 saturated carbocycles. The molecule has 0 aromatic heterocycles. The van der Waals surface area contributed by atoms with Crippen molar-refractivity contribution in [2.45, 2.75) is 25.4 Å². The van der Waals surface area contributed by atoms with Crippen molar-refractivity contribution in [1.82, 2.24) is 5.32 Å². The molecule has 1 atom stereocenters. The van der Waals surface area contributed by atoms with Crippen LogP contribution in [0.2, 0.25) is 0 Å². The molecule has 2 rings (SSSR count). The second-order valence-corrected chi connectivity index (χ2v) is 5.90. The highest BCUT2D eigenvalue weighted by Crippen LogP contribution is 2.37. The van der Waals surface area contributed by atoms with Crippen LogP contribution in [0.15, 0.2) is 29.8 Å². The third kappa shape index (κ3) is 3.36. The molecule has 1 aliphatic rings. The molecule has 0 spiro atoms. The van der Waals surface area contributed by atoms with Crippen molar-refractivity contribution in [2.75, 3.05) is 5.33 Å². The largest absolute Gasteiger partial charge is 0.501 e. The Balaban J connectivity index is 2.23. The number of benzene rings is 1. The van der Waals surface area contributed by atoms with Gasteiger partial charge in [-0.05, 0) is 25.5 Å². The molecule has 5 nitrogen and oxygen atoms in total. The quantitative estimate of drug-likeness (QED) is 0.759. The van der Waals surface area contributed by atoms with E-state index >= 15 is 0 Å². The van der Waals surface area contributed by atoms with E-state index in [1.807, 2.05) is 0 Å². The molecule has 1 aromatic carbocycles. The summed E-state index contributed by atoms with van der Waals surface area (Å²) in [5.41, 5.74) is -1.71. The zero-order valence-corrected chi connectivity index (χ0v) is 13.7. The van der Waals surface area contributed by atoms with Crippen molar-refractivity contribution in [2.24, 2.45) is 0 Å². The number of hydrogen-bond donors (Lipinski definition) is 2. The summed E-state index contributed by atoms with van der Waals surface area (Å²) in [6.45, 7) is 1.30. The van der Waals surface area contributed by atoms with Gasteiger partial charge in [-0.3, -0.25) is 14.9 Å². The van der Waals surface area contributed by atoms with Crippen molar-refractivity contribution < 1.29 is 28.2 Å². The van der Waals surface area contributed by atoms with Crippen LogP contribution < -0.4 is 5.32 Å². The fourth-order valence-electron chi connectivity index (χ4n) is 2.11. The van der Waals surface area contributed by atoms with E-state index in [9.17, 15) is 23.5 Å². The van der Waals surface area contributed by atoms with E-state index in [-0.39, 0.29) is 17.9 Å². The van der Waals surface area contributed by atoms with Crippen LogP contribution in [0, 0.1) is 11.6 Å². The van der Waals surface area contributed by atoms with Gasteiger partial charge in [0.05, 0.1) is 0 Å². The molecule has 0 aliphatic carbocycles. The first-order chi connectivity index (χ1) is 10.8. The van der Waals surface area contributed by atoms with Gasteiger partial charge < -0.3 is 9.84 Å². The van der Waals surface area contributed by atoms with E-state index in [2.05, 4.69) is 21.2 Å². The van der Waals surface area contributed by atoms with Crippen molar-refractivity contribution in [3.05, 3.63) is 47.0 Å². The fraction of sp³-hybridized carbons (Fsp3) is 0.333. The maximum atomic E-state index is 13.4. The highest BCUT2D eigenvalue weighted by molar-refractivity contribution is 9.09. The van der Waals surface area contributed by atoms with Crippen LogP contribution in [0.3, 0.4) is 0 Å². The van der Waals surface area contributed by atoms with Gasteiger partial charge in [0.25, 0.3) is 5.78 Å². The van der Waals surface area contributed by atoms with Gasteiger partial charge in [0.1, 0.15) is 0 Å². The van der Waals surface area contributed by atoms with Crippen LogP contribution in [0.25, 0.3) is 0 Å². The number of aliphatic hydroxyl groups is 1. The van der Waals surface area contributed by atoms with E-state index < -0.39 is 34.7 Å². The van der Waals surface area contributed by atoms with Crippen LogP contribution in [-0.4, -0.2) is 22.1 Å². The molecule has 1 aliphatic heterocycles. The lowest BCUT2D eigenvalue weighted by Crippen LogP contribution is -2.32. The number of carbonyl (C=O) groups is 2. The van der Waals surface area contributed by atoms with Gasteiger partial charge in [-0.1, -0.05) is 22.0 Å². The van der Waals surface area contributed by atoms with Gasteiger partial charge in [-0.15, -0.1) is 0 Å². The van der Waals surface area contributed by atoms with Gasteiger partial charge in [-0.2, -0.15) is 0 Å². The molecule has 1 aromatic rings. The molecule has 0 radical (unpaired) electrons. The molecule has 1 amide bonds. The Hall–Kier alpha value is -1.96. The van der Waals surface area contributed by atoms with Crippen LogP contribution in [0.1, 0.15) is 25.3 Å². The third-order valence-corrected chi connectivity index (χ3v) is 3.99. The average molecular weight is 390 g/mol. The molecule has 124 valence electrons. The van der Waals surface area contributed by atoms with E-state index in [4.69, 9.17) is 4.74 Å². The molecular weight excluding hydrogens is 376 g/mol. The highest BCUT2D eigenvalue weighted by Gasteiger charge is 2.48. The highest BCUT2D eigenvalue weighted by atomic mass is 79.9. The number of ether oxygens (including phenoxy) is 1. The number of aliphatic hydroxyl groups excluding tert-OH is 1. The summed E-state index contributed by atoms with van der Waals surface area (Å²) in [7, 11) is 0. The zero-order chi connectivity index (χ0) is 17.2. The summed E-state index contributed by atoms with van der Waals surface area (Å²) in [6, 6.07) is 2.85. The number of rotatable bonds is 5. The van der Waals surface area contributed by atoms with Gasteiger partial charge in [0.15, 0.2) is 17.2 Å². The van der Waals surface area contributed by atoms with Crippen molar-refractivity contribution in [3.8, 4) is 0 Å². The third-order valence-electron chi connectivity index (χ3n) is 3.43. The molecular formula is C15H14BrF2NO4. The number of nitrogens with one attached hydrogen (secondary N) is 1. The first-order valence-electron chi connectivity index (χ1n) is 6.78. The van der Waals surface area contributed by atoms with E-state index in [1.165, 1.54) is 13.0 Å². The van der Waals surface area contributed by atoms with Crippen molar-refractivity contribution in [1.29, 1.82) is 0 Å². The van der Waals surface area contributed by atoms with E-state index in [0.29, 0.717) is 11.8 Å². The molecule has 0 saturated heterocycles. The van der Waals surface area contributed by atoms with Crippen LogP contribution in [0.4, 0.5) is 8.78 Å². The summed E-state index contributed by atoms with van der Waals surface area (Å²) in [5, 5.41) is 12.8. The predicted octanol–water partition coefficient (Wildman–Crippen LogP) is 2.80. The Kier molecular flexibility index (Phi) is 5.03. The molecule has 2 N–H and O–H groups in total. The fourth-order valence-corrected chi connectivity index (χ4v) is 2.39. The molecule has 23 heavy (non-hydrogen) atoms. The minimum absolute atomic E-state index is 0.0256. The normalized spacial score (nSPS) is 20.6. The number of Topliss-reactive ketones (excluding diaryl/α,β-unsaturated/α-hetero) is 1. The molecule has 1 unspecified atom stereocenters. The van der Waals surface area contributed by atoms with Crippen molar-refractivity contribution >= 4 is 27.6 Å². The first kappa shape index (κ1) is 17.4. The van der Waals surface area contributed by atoms with Gasteiger partial charge in [0.2, 0.25) is 17.5 Å². The molecule has 0 bridgehead atoms. The Labute approximate surface area is 139 Å². The second-order valence-electron chi connectivity index (χ2n) is 5.11. The van der Waals surface area contributed by atoms with Crippen LogP contribution >= 0.6 is 15.9 Å². The summed E-state index contributed by atoms with van der Waals surface area (Å²) >= 11 is 3.18. The Morgan fingerprint density at radius 2 is 2.09 bits per heavy atom. The standard InChI is InChI=1S/C15H14BrF2NO4/c1-15(8-4-5-9(17)10(18)7-8)13(22)12(21)14(23-15)19-11(20)3-2-6-16/h4-5,7,21H,2-3,6H2,1H3,(H,19,20). The Morgan fingerprint density at radius 1 is 1.39 bits per heavy atom. The van der Waals surface area contributed by atoms with Gasteiger partial charge in [-0.25, -0.2) is 8.78 Å².